The number of carbonyl (C=O) groups is 2. The number of hydrogen-bond donors (Lipinski definition) is 0. The van der Waals surface area contributed by atoms with E-state index in [9.17, 15) is 26.8 Å². The molecule has 1 aromatic heterocycles. The van der Waals surface area contributed by atoms with E-state index in [0.717, 1.165) is 32.7 Å². The van der Waals surface area contributed by atoms with Gasteiger partial charge in [-0.2, -0.15) is 0 Å². The van der Waals surface area contributed by atoms with Gasteiger partial charge in [0.25, 0.3) is 0 Å². The largest absolute Gasteiger partial charge is 0.289 e. The third-order valence-corrected chi connectivity index (χ3v) is 7.16. The third-order valence-electron chi connectivity index (χ3n) is 4.49. The molecule has 11 heteroatoms. The summed E-state index contributed by atoms with van der Waals surface area (Å²) < 4.78 is 52.7. The Balaban J connectivity index is 1.80. The molecule has 0 radical (unpaired) electrons. The number of carbonyl (C=O) groups excluding carboxylic acids is 2. The monoisotopic (exact) mass is 491 g/mol. The van der Waals surface area contributed by atoms with E-state index in [0.29, 0.717) is 11.8 Å². The van der Waals surface area contributed by atoms with Crippen molar-refractivity contribution in [3.63, 3.8) is 0 Å². The van der Waals surface area contributed by atoms with Crippen molar-refractivity contribution in [1.82, 2.24) is 9.29 Å². The van der Waals surface area contributed by atoms with Gasteiger partial charge in [0.2, 0.25) is 15.9 Å². The SMILES string of the molecule is CC(=O)N(c1nc(/C=C/C(=O)c2ccc(S(=O)(=O)N(C)C)cc2)cs1)c1ccc(F)cc1F. The van der Waals surface area contributed by atoms with Crippen molar-refractivity contribution in [1.29, 1.82) is 0 Å². The van der Waals surface area contributed by atoms with Gasteiger partial charge >= 0.3 is 0 Å². The van der Waals surface area contributed by atoms with Crippen LogP contribution in [-0.2, 0) is 14.8 Å². The quantitative estimate of drug-likeness (QED) is 0.364. The predicted octanol–water partition coefficient (Wildman–Crippen LogP) is 4.25. The number of nitrogens with zero attached hydrogens (tertiary/aromatic N) is 3. The number of benzene rings is 2. The summed E-state index contributed by atoms with van der Waals surface area (Å²) in [4.78, 5) is 29.9. The Labute approximate surface area is 193 Å². The van der Waals surface area contributed by atoms with Gasteiger partial charge in [0, 0.05) is 38.0 Å². The third kappa shape index (κ3) is 5.38. The summed E-state index contributed by atoms with van der Waals surface area (Å²) >= 11 is 1.05. The number of allylic oxidation sites excluding steroid dienone is 1. The first-order valence-corrected chi connectivity index (χ1v) is 11.8. The van der Waals surface area contributed by atoms with Gasteiger partial charge in [0.1, 0.15) is 11.6 Å². The summed E-state index contributed by atoms with van der Waals surface area (Å²) in [6, 6.07) is 8.36. The van der Waals surface area contributed by atoms with E-state index in [1.807, 2.05) is 0 Å². The fourth-order valence-electron chi connectivity index (χ4n) is 2.78. The van der Waals surface area contributed by atoms with E-state index in [2.05, 4.69) is 4.98 Å². The van der Waals surface area contributed by atoms with Gasteiger partial charge in [-0.1, -0.05) is 0 Å². The number of halogens is 2. The van der Waals surface area contributed by atoms with Crippen LogP contribution in [0.25, 0.3) is 6.08 Å². The van der Waals surface area contributed by atoms with E-state index in [1.165, 1.54) is 57.4 Å². The van der Waals surface area contributed by atoms with Crippen molar-refractivity contribution in [2.24, 2.45) is 0 Å². The van der Waals surface area contributed by atoms with Crippen LogP contribution < -0.4 is 4.90 Å². The Bertz CT molecular complexity index is 1330. The summed E-state index contributed by atoms with van der Waals surface area (Å²) in [5.41, 5.74) is 0.486. The topological polar surface area (TPSA) is 87.6 Å². The number of sulfonamides is 1. The zero-order valence-electron chi connectivity index (χ0n) is 17.8. The van der Waals surface area contributed by atoms with Crippen LogP contribution in [0.4, 0.5) is 19.6 Å². The summed E-state index contributed by atoms with van der Waals surface area (Å²) in [5, 5.41) is 1.72. The molecule has 0 atom stereocenters. The van der Waals surface area contributed by atoms with Crippen molar-refractivity contribution in [3.8, 4) is 0 Å². The number of rotatable bonds is 7. The van der Waals surface area contributed by atoms with Crippen LogP contribution in [0.3, 0.4) is 0 Å². The molecule has 1 amide bonds. The molecule has 0 saturated carbocycles. The highest BCUT2D eigenvalue weighted by atomic mass is 32.2. The minimum absolute atomic E-state index is 0.0644. The summed E-state index contributed by atoms with van der Waals surface area (Å²) in [6.45, 7) is 1.23. The van der Waals surface area contributed by atoms with Crippen molar-refractivity contribution in [2.45, 2.75) is 11.8 Å². The molecule has 0 unspecified atom stereocenters. The molecule has 0 saturated heterocycles. The Morgan fingerprint density at radius 3 is 2.30 bits per heavy atom. The van der Waals surface area contributed by atoms with Gasteiger partial charge < -0.3 is 0 Å². The first kappa shape index (κ1) is 24.4. The average molecular weight is 492 g/mol. The maximum atomic E-state index is 14.2. The lowest BCUT2D eigenvalue weighted by Crippen LogP contribution is -2.23. The fourth-order valence-corrected chi connectivity index (χ4v) is 4.53. The molecular formula is C22H19F2N3O4S2. The zero-order chi connectivity index (χ0) is 24.3. The van der Waals surface area contributed by atoms with E-state index in [-0.39, 0.29) is 27.1 Å². The number of anilines is 2. The first-order chi connectivity index (χ1) is 15.5. The van der Waals surface area contributed by atoms with Crippen LogP contribution in [0.1, 0.15) is 23.0 Å². The van der Waals surface area contributed by atoms with Gasteiger partial charge in [-0.05, 0) is 48.6 Å². The summed E-state index contributed by atoms with van der Waals surface area (Å²) in [5.74, 6) is -2.58. The molecule has 0 N–H and O–H groups in total. The number of aromatic nitrogens is 1. The molecule has 0 aliphatic rings. The second-order valence-electron chi connectivity index (χ2n) is 7.01. The van der Waals surface area contributed by atoms with E-state index in [1.54, 1.807) is 5.38 Å². The molecule has 33 heavy (non-hydrogen) atoms. The maximum Gasteiger partial charge on any atom is 0.242 e. The van der Waals surface area contributed by atoms with Gasteiger partial charge in [-0.3, -0.25) is 14.5 Å². The van der Waals surface area contributed by atoms with Crippen molar-refractivity contribution in [3.05, 3.63) is 76.8 Å². The van der Waals surface area contributed by atoms with Crippen LogP contribution in [0.2, 0.25) is 0 Å². The molecule has 0 fully saturated rings. The Hall–Kier alpha value is -3.28. The van der Waals surface area contributed by atoms with Crippen molar-refractivity contribution >= 4 is 49.9 Å². The van der Waals surface area contributed by atoms with Crippen LogP contribution in [0, 0.1) is 11.6 Å². The minimum atomic E-state index is -3.60. The van der Waals surface area contributed by atoms with E-state index >= 15 is 0 Å². The number of amides is 1. The molecular weight excluding hydrogens is 472 g/mol. The highest BCUT2D eigenvalue weighted by Gasteiger charge is 2.21. The molecule has 1 heterocycles. The lowest BCUT2D eigenvalue weighted by Gasteiger charge is -2.18. The van der Waals surface area contributed by atoms with Gasteiger partial charge in [0.15, 0.2) is 10.9 Å². The molecule has 0 bridgehead atoms. The predicted molar refractivity (Wildman–Crippen MR) is 122 cm³/mol. The molecule has 0 aliphatic carbocycles. The van der Waals surface area contributed by atoms with Gasteiger partial charge in [-0.15, -0.1) is 11.3 Å². The standard InChI is InChI=1S/C22H19F2N3O4S2/c1-14(28)27(20-10-6-16(23)12-19(20)24)22-25-17(13-32-22)7-11-21(29)15-4-8-18(9-5-15)33(30,31)26(2)3/h4-13H,1-3H3/b11-7+. The molecule has 0 aliphatic heterocycles. The fraction of sp³-hybridized carbons (Fsp3) is 0.136. The maximum absolute atomic E-state index is 14.2. The van der Waals surface area contributed by atoms with E-state index < -0.39 is 27.6 Å². The molecule has 3 rings (SSSR count). The average Bonchev–Trinajstić information content (AvgIpc) is 3.22. The molecule has 2 aromatic carbocycles. The summed E-state index contributed by atoms with van der Waals surface area (Å²) in [7, 11) is -0.773. The van der Waals surface area contributed by atoms with Gasteiger partial charge in [-0.25, -0.2) is 26.5 Å². The highest BCUT2D eigenvalue weighted by Crippen LogP contribution is 2.31. The van der Waals surface area contributed by atoms with Crippen molar-refractivity contribution < 1.29 is 26.8 Å². The molecule has 172 valence electrons. The van der Waals surface area contributed by atoms with E-state index in [4.69, 9.17) is 0 Å². The second kappa shape index (κ2) is 9.69. The molecule has 7 nitrogen and oxygen atoms in total. The smallest absolute Gasteiger partial charge is 0.242 e. The minimum Gasteiger partial charge on any atom is -0.289 e. The van der Waals surface area contributed by atoms with Crippen LogP contribution in [0.5, 0.6) is 0 Å². The molecule has 0 spiro atoms. The second-order valence-corrected chi connectivity index (χ2v) is 10.0. The van der Waals surface area contributed by atoms with Gasteiger partial charge in [0.05, 0.1) is 16.3 Å². The van der Waals surface area contributed by atoms with Crippen LogP contribution >= 0.6 is 11.3 Å². The number of hydrogen-bond acceptors (Lipinski definition) is 6. The highest BCUT2D eigenvalue weighted by molar-refractivity contribution is 7.89. The first-order valence-electron chi connectivity index (χ1n) is 9.47. The lowest BCUT2D eigenvalue weighted by atomic mass is 10.1. The van der Waals surface area contributed by atoms with Crippen LogP contribution in [0.15, 0.2) is 58.8 Å². The van der Waals surface area contributed by atoms with Crippen molar-refractivity contribution in [2.75, 3.05) is 19.0 Å². The summed E-state index contributed by atoms with van der Waals surface area (Å²) in [6.07, 6.45) is 2.68. The van der Waals surface area contributed by atoms with Crippen LogP contribution in [-0.4, -0.2) is 43.5 Å². The Morgan fingerprint density at radius 1 is 1.06 bits per heavy atom. The Kier molecular flexibility index (Phi) is 7.15. The zero-order valence-corrected chi connectivity index (χ0v) is 19.5. The molecule has 3 aromatic rings. The Morgan fingerprint density at radius 2 is 1.73 bits per heavy atom. The lowest BCUT2D eigenvalue weighted by molar-refractivity contribution is -0.115. The number of ketones is 1. The normalized spacial score (nSPS) is 11.8. The number of thiazole rings is 1.